The number of nitrogens with one attached hydrogen (secondary N) is 1. The summed E-state index contributed by atoms with van der Waals surface area (Å²) in [6, 6.07) is 8.29. The van der Waals surface area contributed by atoms with Crippen molar-refractivity contribution in [3.05, 3.63) is 29.8 Å². The quantitative estimate of drug-likeness (QED) is 0.861. The fourth-order valence-corrected chi connectivity index (χ4v) is 3.96. The molecule has 0 aliphatic carbocycles. The number of rotatable bonds is 2. The lowest BCUT2D eigenvalue weighted by Gasteiger charge is -2.22. The molecule has 20 heavy (non-hydrogen) atoms. The number of nitrogens with zero attached hydrogens (tertiary/aromatic N) is 2. The maximum absolute atomic E-state index is 12.6. The number of amides is 1. The van der Waals surface area contributed by atoms with E-state index in [2.05, 4.69) is 28.4 Å². The van der Waals surface area contributed by atoms with Crippen LogP contribution in [-0.2, 0) is 11.2 Å². The van der Waals surface area contributed by atoms with Gasteiger partial charge in [0.15, 0.2) is 0 Å². The molecule has 1 N–H and O–H groups in total. The zero-order chi connectivity index (χ0) is 13.5. The van der Waals surface area contributed by atoms with E-state index in [4.69, 9.17) is 0 Å². The van der Waals surface area contributed by atoms with Crippen molar-refractivity contribution in [1.29, 1.82) is 0 Å². The number of likely N-dealkylation sites (tertiary alicyclic amines) is 1. The van der Waals surface area contributed by atoms with E-state index in [1.807, 2.05) is 11.0 Å². The standard InChI is InChI=1S/C16H21N3O/c20-16(11-18-9-13-7-17-8-14(13)10-18)19-6-5-12-3-1-2-4-15(12)19/h1-4,13-14,17H,5-11H2. The van der Waals surface area contributed by atoms with Crippen LogP contribution in [0.15, 0.2) is 24.3 Å². The summed E-state index contributed by atoms with van der Waals surface area (Å²) in [6.45, 7) is 5.85. The highest BCUT2D eigenvalue weighted by molar-refractivity contribution is 5.96. The van der Waals surface area contributed by atoms with Crippen LogP contribution in [0.1, 0.15) is 5.56 Å². The van der Waals surface area contributed by atoms with Crippen LogP contribution in [-0.4, -0.2) is 50.1 Å². The monoisotopic (exact) mass is 271 g/mol. The molecule has 0 saturated carbocycles. The summed E-state index contributed by atoms with van der Waals surface area (Å²) in [7, 11) is 0. The Morgan fingerprint density at radius 1 is 1.20 bits per heavy atom. The number of para-hydroxylation sites is 1. The molecule has 1 amide bonds. The Balaban J connectivity index is 1.42. The Morgan fingerprint density at radius 3 is 2.75 bits per heavy atom. The normalized spacial score (nSPS) is 28.7. The molecular weight excluding hydrogens is 250 g/mol. The van der Waals surface area contributed by atoms with Gasteiger partial charge in [-0.05, 0) is 43.0 Å². The maximum Gasteiger partial charge on any atom is 0.241 e. The molecule has 0 bridgehead atoms. The molecule has 106 valence electrons. The van der Waals surface area contributed by atoms with E-state index in [1.165, 1.54) is 5.56 Å². The lowest BCUT2D eigenvalue weighted by molar-refractivity contribution is -0.119. The first-order valence-electron chi connectivity index (χ1n) is 7.62. The number of benzene rings is 1. The van der Waals surface area contributed by atoms with Gasteiger partial charge in [-0.3, -0.25) is 9.69 Å². The Kier molecular flexibility index (Phi) is 3.00. The molecule has 4 nitrogen and oxygen atoms in total. The van der Waals surface area contributed by atoms with Crippen LogP contribution in [0.4, 0.5) is 5.69 Å². The third-order valence-electron chi connectivity index (χ3n) is 5.01. The molecule has 0 aromatic heterocycles. The van der Waals surface area contributed by atoms with Crippen LogP contribution in [0.25, 0.3) is 0 Å². The van der Waals surface area contributed by atoms with E-state index < -0.39 is 0 Å². The molecule has 2 saturated heterocycles. The highest BCUT2D eigenvalue weighted by Gasteiger charge is 2.37. The fourth-order valence-electron chi connectivity index (χ4n) is 3.96. The third kappa shape index (κ3) is 2.03. The van der Waals surface area contributed by atoms with E-state index in [0.29, 0.717) is 6.54 Å². The maximum atomic E-state index is 12.6. The minimum Gasteiger partial charge on any atom is -0.316 e. The van der Waals surface area contributed by atoms with Crippen molar-refractivity contribution in [2.75, 3.05) is 44.2 Å². The lowest BCUT2D eigenvalue weighted by Crippen LogP contribution is -2.39. The van der Waals surface area contributed by atoms with E-state index >= 15 is 0 Å². The van der Waals surface area contributed by atoms with E-state index in [-0.39, 0.29) is 5.91 Å². The topological polar surface area (TPSA) is 35.6 Å². The first kappa shape index (κ1) is 12.4. The summed E-state index contributed by atoms with van der Waals surface area (Å²) in [5.41, 5.74) is 2.43. The second-order valence-electron chi connectivity index (χ2n) is 6.30. The molecular formula is C16H21N3O. The van der Waals surface area contributed by atoms with Crippen molar-refractivity contribution < 1.29 is 4.79 Å². The molecule has 3 heterocycles. The van der Waals surface area contributed by atoms with Crippen molar-refractivity contribution >= 4 is 11.6 Å². The van der Waals surface area contributed by atoms with Crippen LogP contribution >= 0.6 is 0 Å². The number of anilines is 1. The highest BCUT2D eigenvalue weighted by atomic mass is 16.2. The smallest absolute Gasteiger partial charge is 0.241 e. The van der Waals surface area contributed by atoms with E-state index in [1.54, 1.807) is 0 Å². The van der Waals surface area contributed by atoms with Gasteiger partial charge in [-0.2, -0.15) is 0 Å². The van der Waals surface area contributed by atoms with Crippen molar-refractivity contribution in [1.82, 2.24) is 10.2 Å². The van der Waals surface area contributed by atoms with Crippen molar-refractivity contribution in [2.45, 2.75) is 6.42 Å². The third-order valence-corrected chi connectivity index (χ3v) is 5.01. The van der Waals surface area contributed by atoms with Crippen molar-refractivity contribution in [2.24, 2.45) is 11.8 Å². The van der Waals surface area contributed by atoms with Gasteiger partial charge in [-0.25, -0.2) is 0 Å². The van der Waals surface area contributed by atoms with Crippen LogP contribution in [0.5, 0.6) is 0 Å². The molecule has 4 rings (SSSR count). The van der Waals surface area contributed by atoms with E-state index in [0.717, 1.165) is 56.7 Å². The minimum absolute atomic E-state index is 0.267. The van der Waals surface area contributed by atoms with Gasteiger partial charge in [0.1, 0.15) is 0 Å². The Morgan fingerprint density at radius 2 is 1.95 bits per heavy atom. The molecule has 1 aromatic rings. The summed E-state index contributed by atoms with van der Waals surface area (Å²) in [6.07, 6.45) is 0.997. The predicted molar refractivity (Wildman–Crippen MR) is 78.8 cm³/mol. The van der Waals surface area contributed by atoms with Crippen LogP contribution < -0.4 is 10.2 Å². The zero-order valence-electron chi connectivity index (χ0n) is 11.7. The first-order chi connectivity index (χ1) is 9.81. The molecule has 3 aliphatic heterocycles. The van der Waals surface area contributed by atoms with E-state index in [9.17, 15) is 4.79 Å². The van der Waals surface area contributed by atoms with Gasteiger partial charge in [-0.1, -0.05) is 18.2 Å². The number of fused-ring (bicyclic) bond motifs is 2. The lowest BCUT2D eigenvalue weighted by atomic mass is 10.0. The molecule has 4 heteroatoms. The number of carbonyl (C=O) groups is 1. The molecule has 0 spiro atoms. The molecule has 3 aliphatic rings. The largest absolute Gasteiger partial charge is 0.316 e. The van der Waals surface area contributed by atoms with Gasteiger partial charge >= 0.3 is 0 Å². The summed E-state index contributed by atoms with van der Waals surface area (Å²) in [5, 5.41) is 3.44. The average molecular weight is 271 g/mol. The van der Waals surface area contributed by atoms with Crippen molar-refractivity contribution in [3.63, 3.8) is 0 Å². The second-order valence-corrected chi connectivity index (χ2v) is 6.30. The van der Waals surface area contributed by atoms with Gasteiger partial charge in [0.25, 0.3) is 0 Å². The van der Waals surface area contributed by atoms with Gasteiger partial charge in [0.05, 0.1) is 6.54 Å². The number of hydrogen-bond donors (Lipinski definition) is 1. The molecule has 1 aromatic carbocycles. The van der Waals surface area contributed by atoms with Gasteiger partial charge < -0.3 is 10.2 Å². The van der Waals surface area contributed by atoms with Gasteiger partial charge in [0.2, 0.25) is 5.91 Å². The summed E-state index contributed by atoms with van der Waals surface area (Å²) >= 11 is 0. The number of carbonyl (C=O) groups excluding carboxylic acids is 1. The molecule has 2 atom stereocenters. The summed E-state index contributed by atoms with van der Waals surface area (Å²) < 4.78 is 0. The predicted octanol–water partition coefficient (Wildman–Crippen LogP) is 0.727. The second kappa shape index (κ2) is 4.86. The summed E-state index contributed by atoms with van der Waals surface area (Å²) in [4.78, 5) is 16.9. The first-order valence-corrected chi connectivity index (χ1v) is 7.62. The van der Waals surface area contributed by atoms with Gasteiger partial charge in [0, 0.05) is 25.3 Å². The molecule has 2 fully saturated rings. The van der Waals surface area contributed by atoms with Crippen molar-refractivity contribution in [3.8, 4) is 0 Å². The fraction of sp³-hybridized carbons (Fsp3) is 0.562. The SMILES string of the molecule is O=C(CN1CC2CNCC2C1)N1CCc2ccccc21. The Bertz CT molecular complexity index is 518. The molecule has 2 unspecified atom stereocenters. The van der Waals surface area contributed by atoms with Gasteiger partial charge in [-0.15, -0.1) is 0 Å². The minimum atomic E-state index is 0.267. The zero-order valence-corrected chi connectivity index (χ0v) is 11.7. The number of hydrogen-bond acceptors (Lipinski definition) is 3. The van der Waals surface area contributed by atoms with Crippen LogP contribution in [0.3, 0.4) is 0 Å². The van der Waals surface area contributed by atoms with Crippen LogP contribution in [0.2, 0.25) is 0 Å². The average Bonchev–Trinajstić information content (AvgIpc) is 3.10. The Labute approximate surface area is 119 Å². The Hall–Kier alpha value is -1.39. The highest BCUT2D eigenvalue weighted by Crippen LogP contribution is 2.29. The van der Waals surface area contributed by atoms with Crippen LogP contribution in [0, 0.1) is 11.8 Å². The molecule has 0 radical (unpaired) electrons. The summed E-state index contributed by atoms with van der Waals surface area (Å²) in [5.74, 6) is 1.78.